The number of anilines is 1. The Kier molecular flexibility index (Phi) is 4.92. The highest BCUT2D eigenvalue weighted by atomic mass is 19.4. The molecule has 1 N–H and O–H groups in total. The first-order valence-corrected chi connectivity index (χ1v) is 7.94. The molecule has 1 unspecified atom stereocenters. The maximum Gasteiger partial charge on any atom is 0.418 e. The van der Waals surface area contributed by atoms with E-state index in [0.29, 0.717) is 19.7 Å². The average Bonchev–Trinajstić information content (AvgIpc) is 3.02. The highest BCUT2D eigenvalue weighted by Crippen LogP contribution is 2.37. The molecule has 0 radical (unpaired) electrons. The number of nitrogens with one attached hydrogen (secondary N) is 1. The second kappa shape index (κ2) is 6.93. The fourth-order valence-corrected chi connectivity index (χ4v) is 3.14. The van der Waals surface area contributed by atoms with E-state index in [1.165, 1.54) is 11.6 Å². The van der Waals surface area contributed by atoms with E-state index in [-0.39, 0.29) is 11.7 Å². The van der Waals surface area contributed by atoms with Gasteiger partial charge in [-0.15, -0.1) is 0 Å². The van der Waals surface area contributed by atoms with Gasteiger partial charge in [0.15, 0.2) is 0 Å². The molecule has 0 bridgehead atoms. The van der Waals surface area contributed by atoms with E-state index in [4.69, 9.17) is 4.74 Å². The standard InChI is InChI=1S/C17H21F3N2O/c18-17(19,20)15-5-1-2-6-16(15)22-8-7-14(11-22)21-10-13-4-3-9-23-12-13/h1-2,4-6,14,21H,3,7-12H2. The van der Waals surface area contributed by atoms with Crippen molar-refractivity contribution in [1.29, 1.82) is 0 Å². The van der Waals surface area contributed by atoms with Gasteiger partial charge in [0, 0.05) is 31.4 Å². The maximum absolute atomic E-state index is 13.1. The van der Waals surface area contributed by atoms with E-state index >= 15 is 0 Å². The lowest BCUT2D eigenvalue weighted by molar-refractivity contribution is -0.137. The summed E-state index contributed by atoms with van der Waals surface area (Å²) in [6, 6.07) is 6.02. The van der Waals surface area contributed by atoms with E-state index in [2.05, 4.69) is 11.4 Å². The van der Waals surface area contributed by atoms with Crippen molar-refractivity contribution in [3.05, 3.63) is 41.5 Å². The molecule has 1 atom stereocenters. The first kappa shape index (κ1) is 16.3. The Bertz CT molecular complexity index is 571. The predicted molar refractivity (Wildman–Crippen MR) is 83.6 cm³/mol. The zero-order chi connectivity index (χ0) is 16.3. The van der Waals surface area contributed by atoms with Crippen molar-refractivity contribution >= 4 is 5.69 Å². The average molecular weight is 326 g/mol. The molecule has 3 rings (SSSR count). The fourth-order valence-electron chi connectivity index (χ4n) is 3.14. The molecule has 2 heterocycles. The lowest BCUT2D eigenvalue weighted by Gasteiger charge is -2.23. The van der Waals surface area contributed by atoms with Crippen molar-refractivity contribution in [3.63, 3.8) is 0 Å². The summed E-state index contributed by atoms with van der Waals surface area (Å²) >= 11 is 0. The van der Waals surface area contributed by atoms with Gasteiger partial charge >= 0.3 is 6.18 Å². The van der Waals surface area contributed by atoms with Crippen LogP contribution in [0.5, 0.6) is 0 Å². The van der Waals surface area contributed by atoms with Crippen LogP contribution in [0.1, 0.15) is 18.4 Å². The van der Waals surface area contributed by atoms with Gasteiger partial charge in [-0.05, 0) is 30.5 Å². The Hall–Kier alpha value is -1.53. The molecule has 1 saturated heterocycles. The molecule has 1 fully saturated rings. The number of benzene rings is 1. The summed E-state index contributed by atoms with van der Waals surface area (Å²) in [6.45, 7) is 3.41. The van der Waals surface area contributed by atoms with E-state index in [9.17, 15) is 13.2 Å². The normalized spacial score (nSPS) is 22.3. The second-order valence-corrected chi connectivity index (χ2v) is 6.03. The van der Waals surface area contributed by atoms with Crippen molar-refractivity contribution in [1.82, 2.24) is 5.32 Å². The Morgan fingerprint density at radius 3 is 2.83 bits per heavy atom. The van der Waals surface area contributed by atoms with E-state index in [1.54, 1.807) is 12.1 Å². The van der Waals surface area contributed by atoms with Crippen molar-refractivity contribution in [2.24, 2.45) is 0 Å². The Morgan fingerprint density at radius 2 is 2.09 bits per heavy atom. The summed E-state index contributed by atoms with van der Waals surface area (Å²) < 4.78 is 44.8. The lowest BCUT2D eigenvalue weighted by Crippen LogP contribution is -2.35. The van der Waals surface area contributed by atoms with Crippen LogP contribution in [0.2, 0.25) is 0 Å². The summed E-state index contributed by atoms with van der Waals surface area (Å²) in [5.74, 6) is 0. The Balaban J connectivity index is 1.61. The van der Waals surface area contributed by atoms with Crippen LogP contribution in [-0.4, -0.2) is 38.9 Å². The molecular formula is C17H21F3N2O. The number of nitrogens with zero attached hydrogens (tertiary/aromatic N) is 1. The summed E-state index contributed by atoms with van der Waals surface area (Å²) in [5.41, 5.74) is 0.957. The number of hydrogen-bond acceptors (Lipinski definition) is 3. The third-order valence-corrected chi connectivity index (χ3v) is 4.34. The molecule has 0 saturated carbocycles. The minimum atomic E-state index is -4.31. The van der Waals surface area contributed by atoms with Crippen LogP contribution in [-0.2, 0) is 10.9 Å². The molecule has 2 aliphatic heterocycles. The molecule has 1 aromatic rings. The number of para-hydroxylation sites is 1. The highest BCUT2D eigenvalue weighted by molar-refractivity contribution is 5.55. The Morgan fingerprint density at radius 1 is 1.26 bits per heavy atom. The topological polar surface area (TPSA) is 24.5 Å². The van der Waals surface area contributed by atoms with Crippen LogP contribution in [0.3, 0.4) is 0 Å². The smallest absolute Gasteiger partial charge is 0.377 e. The maximum atomic E-state index is 13.1. The summed E-state index contributed by atoms with van der Waals surface area (Å²) in [7, 11) is 0. The molecule has 2 aliphatic rings. The molecular weight excluding hydrogens is 305 g/mol. The molecule has 0 amide bonds. The van der Waals surface area contributed by atoms with Gasteiger partial charge in [-0.25, -0.2) is 0 Å². The van der Waals surface area contributed by atoms with Gasteiger partial charge < -0.3 is 15.0 Å². The second-order valence-electron chi connectivity index (χ2n) is 6.03. The van der Waals surface area contributed by atoms with Gasteiger partial charge in [0.1, 0.15) is 0 Å². The van der Waals surface area contributed by atoms with Gasteiger partial charge in [-0.2, -0.15) is 13.2 Å². The van der Waals surface area contributed by atoms with Crippen LogP contribution in [0.15, 0.2) is 35.9 Å². The lowest BCUT2D eigenvalue weighted by atomic mass is 10.1. The molecule has 6 heteroatoms. The highest BCUT2D eigenvalue weighted by Gasteiger charge is 2.36. The fraction of sp³-hybridized carbons (Fsp3) is 0.529. The monoisotopic (exact) mass is 326 g/mol. The molecule has 1 aromatic carbocycles. The quantitative estimate of drug-likeness (QED) is 0.860. The van der Waals surface area contributed by atoms with E-state index in [1.807, 2.05) is 4.90 Å². The zero-order valence-corrected chi connectivity index (χ0v) is 12.9. The summed E-state index contributed by atoms with van der Waals surface area (Å²) in [5, 5.41) is 3.44. The van der Waals surface area contributed by atoms with E-state index in [0.717, 1.165) is 32.1 Å². The number of rotatable bonds is 4. The minimum absolute atomic E-state index is 0.208. The van der Waals surface area contributed by atoms with Crippen LogP contribution in [0.25, 0.3) is 0 Å². The molecule has 126 valence electrons. The largest absolute Gasteiger partial charge is 0.418 e. The third kappa shape index (κ3) is 4.06. The number of halogens is 3. The minimum Gasteiger partial charge on any atom is -0.377 e. The van der Waals surface area contributed by atoms with Gasteiger partial charge in [0.2, 0.25) is 0 Å². The SMILES string of the molecule is FC(F)(F)c1ccccc1N1CCC(NCC2=CCCOC2)C1. The van der Waals surface area contributed by atoms with Crippen LogP contribution >= 0.6 is 0 Å². The molecule has 0 aliphatic carbocycles. The van der Waals surface area contributed by atoms with Gasteiger partial charge in [-0.1, -0.05) is 18.2 Å². The van der Waals surface area contributed by atoms with Gasteiger partial charge in [0.25, 0.3) is 0 Å². The predicted octanol–water partition coefficient (Wildman–Crippen LogP) is 3.22. The van der Waals surface area contributed by atoms with Crippen molar-refractivity contribution in [2.75, 3.05) is 37.7 Å². The Labute approximate surface area is 134 Å². The first-order chi connectivity index (χ1) is 11.0. The van der Waals surface area contributed by atoms with Crippen LogP contribution in [0, 0.1) is 0 Å². The first-order valence-electron chi connectivity index (χ1n) is 7.94. The van der Waals surface area contributed by atoms with Crippen molar-refractivity contribution in [3.8, 4) is 0 Å². The molecule has 3 nitrogen and oxygen atoms in total. The van der Waals surface area contributed by atoms with Gasteiger partial charge in [0.05, 0.1) is 18.8 Å². The van der Waals surface area contributed by atoms with Crippen LogP contribution in [0.4, 0.5) is 18.9 Å². The number of ether oxygens (including phenoxy) is 1. The van der Waals surface area contributed by atoms with Crippen molar-refractivity contribution < 1.29 is 17.9 Å². The van der Waals surface area contributed by atoms with Crippen molar-refractivity contribution in [2.45, 2.75) is 25.1 Å². The van der Waals surface area contributed by atoms with Crippen LogP contribution < -0.4 is 10.2 Å². The molecule has 0 aromatic heterocycles. The summed E-state index contributed by atoms with van der Waals surface area (Å²) in [4.78, 5) is 1.83. The third-order valence-electron chi connectivity index (χ3n) is 4.34. The number of alkyl halides is 3. The molecule has 23 heavy (non-hydrogen) atoms. The molecule has 0 spiro atoms. The summed E-state index contributed by atoms with van der Waals surface area (Å²) in [6.07, 6.45) is -0.346. The van der Waals surface area contributed by atoms with E-state index < -0.39 is 11.7 Å². The zero-order valence-electron chi connectivity index (χ0n) is 12.9. The van der Waals surface area contributed by atoms with Gasteiger partial charge in [-0.3, -0.25) is 0 Å². The number of hydrogen-bond donors (Lipinski definition) is 1.